The molecule has 164 valence electrons. The number of benzene rings is 3. The Morgan fingerprint density at radius 1 is 1.00 bits per heavy atom. The van der Waals surface area contributed by atoms with Gasteiger partial charge in [-0.3, -0.25) is 14.9 Å². The number of nitrogens with zero attached hydrogens (tertiary/aromatic N) is 2. The van der Waals surface area contributed by atoms with Gasteiger partial charge in [-0.25, -0.2) is 12.8 Å². The first-order chi connectivity index (χ1) is 15.2. The normalized spacial score (nSPS) is 16.3. The summed E-state index contributed by atoms with van der Waals surface area (Å²) in [4.78, 5) is 22.2. The summed E-state index contributed by atoms with van der Waals surface area (Å²) in [6.45, 7) is -0.296. The number of hydrogen-bond acceptors (Lipinski definition) is 5. The summed E-state index contributed by atoms with van der Waals surface area (Å²) in [5, 5.41) is 20.7. The number of carbonyl (C=O) groups is 1. The lowest BCUT2D eigenvalue weighted by atomic mass is 9.95. The zero-order valence-corrected chi connectivity index (χ0v) is 17.3. The molecule has 1 aliphatic heterocycles. The van der Waals surface area contributed by atoms with E-state index < -0.39 is 32.8 Å². The average Bonchev–Trinajstić information content (AvgIpc) is 2.78. The van der Waals surface area contributed by atoms with Crippen LogP contribution in [-0.2, 0) is 27.8 Å². The lowest BCUT2D eigenvalue weighted by Gasteiger charge is -2.33. The molecule has 8 nitrogen and oxygen atoms in total. The van der Waals surface area contributed by atoms with Crippen LogP contribution in [0.15, 0.2) is 71.6 Å². The first-order valence-corrected chi connectivity index (χ1v) is 11.0. The standard InChI is InChI=1S/C22H17FN2O6S/c23-18-6-1-14(2-7-18)15-4-9-20(10-5-15)32(30,31)24-13-17-11-19(25(28)29)8-3-16(17)12-21(24)22(26)27/h1-11,21H,12-13H2,(H,26,27)/t21-/m1/s1. The molecule has 32 heavy (non-hydrogen) atoms. The fourth-order valence-corrected chi connectivity index (χ4v) is 5.28. The van der Waals surface area contributed by atoms with Crippen molar-refractivity contribution in [3.63, 3.8) is 0 Å². The molecule has 1 aliphatic rings. The molecule has 0 aromatic heterocycles. The molecule has 0 unspecified atom stereocenters. The van der Waals surface area contributed by atoms with Gasteiger partial charge < -0.3 is 5.11 Å². The predicted molar refractivity (Wildman–Crippen MR) is 113 cm³/mol. The van der Waals surface area contributed by atoms with E-state index in [-0.39, 0.29) is 23.5 Å². The van der Waals surface area contributed by atoms with Gasteiger partial charge in [-0.05, 0) is 46.5 Å². The summed E-state index contributed by atoms with van der Waals surface area (Å²) < 4.78 is 40.6. The van der Waals surface area contributed by atoms with E-state index in [9.17, 15) is 32.8 Å². The molecule has 10 heteroatoms. The molecule has 0 aliphatic carbocycles. The van der Waals surface area contributed by atoms with E-state index in [0.29, 0.717) is 22.3 Å². The van der Waals surface area contributed by atoms with Crippen LogP contribution in [-0.4, -0.2) is 34.8 Å². The largest absolute Gasteiger partial charge is 0.480 e. The summed E-state index contributed by atoms with van der Waals surface area (Å²) in [6.07, 6.45) is -0.102. The Morgan fingerprint density at radius 3 is 2.16 bits per heavy atom. The monoisotopic (exact) mass is 456 g/mol. The minimum Gasteiger partial charge on any atom is -0.480 e. The highest BCUT2D eigenvalue weighted by Crippen LogP contribution is 2.32. The average molecular weight is 456 g/mol. The minimum atomic E-state index is -4.22. The van der Waals surface area contributed by atoms with Gasteiger partial charge in [-0.2, -0.15) is 4.31 Å². The maximum absolute atomic E-state index is 13.3. The summed E-state index contributed by atoms with van der Waals surface area (Å²) in [5.41, 5.74) is 2.11. The van der Waals surface area contributed by atoms with E-state index in [1.54, 1.807) is 24.3 Å². The molecular formula is C22H17FN2O6S. The van der Waals surface area contributed by atoms with Crippen LogP contribution in [0.2, 0.25) is 0 Å². The van der Waals surface area contributed by atoms with Crippen molar-refractivity contribution < 1.29 is 27.6 Å². The van der Waals surface area contributed by atoms with Crippen molar-refractivity contribution in [2.75, 3.05) is 0 Å². The summed E-state index contributed by atoms with van der Waals surface area (Å²) in [7, 11) is -4.22. The van der Waals surface area contributed by atoms with Crippen LogP contribution in [0.1, 0.15) is 11.1 Å². The number of nitro groups is 1. The third-order valence-electron chi connectivity index (χ3n) is 5.41. The Balaban J connectivity index is 1.69. The number of hydrogen-bond donors (Lipinski definition) is 1. The first-order valence-electron chi connectivity index (χ1n) is 9.53. The number of nitro benzene ring substituents is 1. The number of carboxylic acids is 1. The maximum atomic E-state index is 13.3. The molecule has 0 bridgehead atoms. The van der Waals surface area contributed by atoms with E-state index in [2.05, 4.69) is 0 Å². The van der Waals surface area contributed by atoms with E-state index >= 15 is 0 Å². The van der Waals surface area contributed by atoms with Gasteiger partial charge in [0.05, 0.1) is 9.82 Å². The SMILES string of the molecule is O=C(O)[C@H]1Cc2ccc([N+](=O)[O-])cc2CN1S(=O)(=O)c1ccc(-c2ccc(F)cc2)cc1. The fourth-order valence-electron chi connectivity index (χ4n) is 3.72. The number of fused-ring (bicyclic) bond motifs is 1. The van der Waals surface area contributed by atoms with Crippen molar-refractivity contribution in [1.82, 2.24) is 4.31 Å². The summed E-state index contributed by atoms with van der Waals surface area (Å²) in [6, 6.07) is 14.2. The summed E-state index contributed by atoms with van der Waals surface area (Å²) >= 11 is 0. The fraction of sp³-hybridized carbons (Fsp3) is 0.136. The molecular weight excluding hydrogens is 439 g/mol. The second-order valence-corrected chi connectivity index (χ2v) is 9.24. The molecule has 0 radical (unpaired) electrons. The van der Waals surface area contributed by atoms with Crippen LogP contribution in [0.4, 0.5) is 10.1 Å². The Hall–Kier alpha value is -3.63. The Bertz CT molecular complexity index is 1310. The van der Waals surface area contributed by atoms with Gasteiger partial charge in [0.25, 0.3) is 5.69 Å². The highest BCUT2D eigenvalue weighted by molar-refractivity contribution is 7.89. The van der Waals surface area contributed by atoms with Crippen LogP contribution in [0, 0.1) is 15.9 Å². The zero-order valence-electron chi connectivity index (χ0n) is 16.5. The number of sulfonamides is 1. The molecule has 0 amide bonds. The van der Waals surface area contributed by atoms with E-state index in [1.807, 2.05) is 0 Å². The lowest BCUT2D eigenvalue weighted by Crippen LogP contribution is -2.48. The third kappa shape index (κ3) is 3.97. The number of rotatable bonds is 5. The van der Waals surface area contributed by atoms with Gasteiger partial charge >= 0.3 is 5.97 Å². The van der Waals surface area contributed by atoms with Crippen LogP contribution in [0.25, 0.3) is 11.1 Å². The third-order valence-corrected chi connectivity index (χ3v) is 7.28. The molecule has 0 fully saturated rings. The Morgan fingerprint density at radius 2 is 1.59 bits per heavy atom. The van der Waals surface area contributed by atoms with E-state index in [0.717, 1.165) is 4.31 Å². The summed E-state index contributed by atoms with van der Waals surface area (Å²) in [5.74, 6) is -1.70. The number of aliphatic carboxylic acids is 1. The zero-order chi connectivity index (χ0) is 23.0. The van der Waals surface area contributed by atoms with Gasteiger partial charge in [0.1, 0.15) is 11.9 Å². The van der Waals surface area contributed by atoms with E-state index in [4.69, 9.17) is 0 Å². The molecule has 0 saturated heterocycles. The molecule has 0 spiro atoms. The van der Waals surface area contributed by atoms with Gasteiger partial charge in [0, 0.05) is 25.1 Å². The Labute approximate surface area is 182 Å². The van der Waals surface area contributed by atoms with Gasteiger partial charge in [-0.1, -0.05) is 30.3 Å². The quantitative estimate of drug-likeness (QED) is 0.463. The molecule has 3 aromatic rings. The number of non-ortho nitro benzene ring substituents is 1. The Kier molecular flexibility index (Phi) is 5.49. The molecule has 1 heterocycles. The molecule has 4 rings (SSSR count). The second kappa shape index (κ2) is 8.13. The van der Waals surface area contributed by atoms with Crippen molar-refractivity contribution >= 4 is 21.7 Å². The highest BCUT2D eigenvalue weighted by atomic mass is 32.2. The molecule has 0 saturated carbocycles. The first kappa shape index (κ1) is 21.6. The maximum Gasteiger partial charge on any atom is 0.322 e. The van der Waals surface area contributed by atoms with Crippen LogP contribution in [0.5, 0.6) is 0 Å². The second-order valence-electron chi connectivity index (χ2n) is 7.35. The van der Waals surface area contributed by atoms with Gasteiger partial charge in [-0.15, -0.1) is 0 Å². The van der Waals surface area contributed by atoms with Gasteiger partial charge in [0.15, 0.2) is 0 Å². The molecule has 3 aromatic carbocycles. The van der Waals surface area contributed by atoms with Crippen LogP contribution >= 0.6 is 0 Å². The smallest absolute Gasteiger partial charge is 0.322 e. The van der Waals surface area contributed by atoms with Gasteiger partial charge in [0.2, 0.25) is 10.0 Å². The van der Waals surface area contributed by atoms with Crippen molar-refractivity contribution in [3.05, 3.63) is 93.8 Å². The number of halogens is 1. The van der Waals surface area contributed by atoms with E-state index in [1.165, 1.54) is 42.5 Å². The van der Waals surface area contributed by atoms with Crippen molar-refractivity contribution in [1.29, 1.82) is 0 Å². The molecule has 1 atom stereocenters. The van der Waals surface area contributed by atoms with Crippen molar-refractivity contribution in [3.8, 4) is 11.1 Å². The number of carboxylic acid groups (broad SMARTS) is 1. The highest BCUT2D eigenvalue weighted by Gasteiger charge is 2.40. The van der Waals surface area contributed by atoms with Crippen LogP contribution in [0.3, 0.4) is 0 Å². The van der Waals surface area contributed by atoms with Crippen molar-refractivity contribution in [2.45, 2.75) is 23.9 Å². The minimum absolute atomic E-state index is 0.102. The topological polar surface area (TPSA) is 118 Å². The van der Waals surface area contributed by atoms with Crippen molar-refractivity contribution in [2.24, 2.45) is 0 Å². The predicted octanol–water partition coefficient (Wildman–Crippen LogP) is 3.60. The van der Waals surface area contributed by atoms with Crippen LogP contribution < -0.4 is 0 Å². The lowest BCUT2D eigenvalue weighted by molar-refractivity contribution is -0.385. The molecule has 1 N–H and O–H groups in total.